The second kappa shape index (κ2) is 11.7. The van der Waals surface area contributed by atoms with Gasteiger partial charge in [0.25, 0.3) is 0 Å². The molecule has 0 heterocycles. The van der Waals surface area contributed by atoms with Gasteiger partial charge in [-0.05, 0) is 27.7 Å². The smallest absolute Gasteiger partial charge is 0.193 e. The van der Waals surface area contributed by atoms with Crippen LogP contribution in [-0.4, -0.2) is 32.2 Å². The first-order valence-electron chi connectivity index (χ1n) is 9.85. The van der Waals surface area contributed by atoms with Gasteiger partial charge in [0.1, 0.15) is 0 Å². The standard InChI is InChI=1S/C23H30O5/c1-5-25-22(26-6-2)19-13-9-17(10-14-19)21(24)18-11-15-20(16-12-18)23(27-7-3)28-8-4/h9-16,22-23H,5-8H2,1-4H3. The molecular weight excluding hydrogens is 356 g/mol. The molecule has 5 nitrogen and oxygen atoms in total. The fourth-order valence-electron chi connectivity index (χ4n) is 2.84. The van der Waals surface area contributed by atoms with E-state index in [1.165, 1.54) is 0 Å². The van der Waals surface area contributed by atoms with E-state index in [1.54, 1.807) is 24.3 Å². The average molecular weight is 386 g/mol. The van der Waals surface area contributed by atoms with Crippen molar-refractivity contribution in [3.8, 4) is 0 Å². The summed E-state index contributed by atoms with van der Waals surface area (Å²) in [7, 11) is 0. The number of rotatable bonds is 12. The summed E-state index contributed by atoms with van der Waals surface area (Å²) in [5, 5.41) is 0. The fraction of sp³-hybridized carbons (Fsp3) is 0.435. The third-order valence-electron chi connectivity index (χ3n) is 4.16. The number of carbonyl (C=O) groups is 1. The molecule has 0 spiro atoms. The molecule has 0 saturated carbocycles. The fourth-order valence-corrected chi connectivity index (χ4v) is 2.84. The molecule has 28 heavy (non-hydrogen) atoms. The Labute approximate surface area is 167 Å². The number of ether oxygens (including phenoxy) is 4. The first kappa shape index (κ1) is 22.2. The predicted octanol–water partition coefficient (Wildman–Crippen LogP) is 5.06. The van der Waals surface area contributed by atoms with Crippen molar-refractivity contribution in [1.82, 2.24) is 0 Å². The molecule has 0 aromatic heterocycles. The molecule has 0 atom stereocenters. The van der Waals surface area contributed by atoms with Gasteiger partial charge >= 0.3 is 0 Å². The second-order valence-corrected chi connectivity index (χ2v) is 6.06. The Bertz CT molecular complexity index is 635. The first-order chi connectivity index (χ1) is 13.6. The Kier molecular flexibility index (Phi) is 9.31. The lowest BCUT2D eigenvalue weighted by Gasteiger charge is -2.18. The van der Waals surface area contributed by atoms with E-state index in [4.69, 9.17) is 18.9 Å². The van der Waals surface area contributed by atoms with Gasteiger partial charge < -0.3 is 18.9 Å². The lowest BCUT2D eigenvalue weighted by Crippen LogP contribution is -2.10. The first-order valence-corrected chi connectivity index (χ1v) is 9.85. The van der Waals surface area contributed by atoms with Gasteiger partial charge in [0.15, 0.2) is 18.4 Å². The molecule has 0 aliphatic carbocycles. The summed E-state index contributed by atoms with van der Waals surface area (Å²) in [5.41, 5.74) is 3.03. The summed E-state index contributed by atoms with van der Waals surface area (Å²) < 4.78 is 22.4. The number of carbonyl (C=O) groups excluding carboxylic acids is 1. The maximum Gasteiger partial charge on any atom is 0.193 e. The van der Waals surface area contributed by atoms with Crippen molar-refractivity contribution in [3.05, 3.63) is 70.8 Å². The Morgan fingerprint density at radius 2 is 0.893 bits per heavy atom. The van der Waals surface area contributed by atoms with Gasteiger partial charge in [-0.2, -0.15) is 0 Å². The van der Waals surface area contributed by atoms with Crippen LogP contribution in [-0.2, 0) is 18.9 Å². The summed E-state index contributed by atoms with van der Waals surface area (Å²) in [4.78, 5) is 12.8. The highest BCUT2D eigenvalue weighted by Crippen LogP contribution is 2.22. The zero-order valence-electron chi connectivity index (χ0n) is 17.1. The molecule has 0 fully saturated rings. The summed E-state index contributed by atoms with van der Waals surface area (Å²) in [6.07, 6.45) is -0.819. The molecule has 0 aliphatic rings. The van der Waals surface area contributed by atoms with E-state index in [0.717, 1.165) is 11.1 Å². The average Bonchev–Trinajstić information content (AvgIpc) is 2.73. The van der Waals surface area contributed by atoms with Crippen molar-refractivity contribution in [2.24, 2.45) is 0 Å². The van der Waals surface area contributed by atoms with Gasteiger partial charge in [-0.15, -0.1) is 0 Å². The van der Waals surface area contributed by atoms with Crippen molar-refractivity contribution in [2.75, 3.05) is 26.4 Å². The molecule has 2 aromatic rings. The van der Waals surface area contributed by atoms with Crippen molar-refractivity contribution >= 4 is 5.78 Å². The molecule has 0 amide bonds. The van der Waals surface area contributed by atoms with E-state index < -0.39 is 12.6 Å². The van der Waals surface area contributed by atoms with Crippen molar-refractivity contribution in [1.29, 1.82) is 0 Å². The maximum atomic E-state index is 12.8. The Morgan fingerprint density at radius 1 is 0.607 bits per heavy atom. The highest BCUT2D eigenvalue weighted by Gasteiger charge is 2.15. The van der Waals surface area contributed by atoms with E-state index in [2.05, 4.69) is 0 Å². The molecule has 2 rings (SSSR count). The van der Waals surface area contributed by atoms with Crippen LogP contribution in [0.25, 0.3) is 0 Å². The summed E-state index contributed by atoms with van der Waals surface area (Å²) in [6.45, 7) is 9.93. The minimum absolute atomic E-state index is 0.0353. The molecule has 2 aromatic carbocycles. The van der Waals surface area contributed by atoms with Crippen LogP contribution >= 0.6 is 0 Å². The minimum atomic E-state index is -0.410. The quantitative estimate of drug-likeness (QED) is 0.377. The largest absolute Gasteiger partial charge is 0.349 e. The summed E-state index contributed by atoms with van der Waals surface area (Å²) in [6, 6.07) is 14.7. The van der Waals surface area contributed by atoms with E-state index in [1.807, 2.05) is 52.0 Å². The van der Waals surface area contributed by atoms with Crippen LogP contribution in [0.3, 0.4) is 0 Å². The molecule has 5 heteroatoms. The molecule has 0 unspecified atom stereocenters. The zero-order chi connectivity index (χ0) is 20.4. The third-order valence-corrected chi connectivity index (χ3v) is 4.16. The van der Waals surface area contributed by atoms with Crippen molar-refractivity contribution in [3.63, 3.8) is 0 Å². The van der Waals surface area contributed by atoms with Crippen molar-refractivity contribution in [2.45, 2.75) is 40.3 Å². The Morgan fingerprint density at radius 3 is 1.14 bits per heavy atom. The number of hydrogen-bond acceptors (Lipinski definition) is 5. The van der Waals surface area contributed by atoms with Crippen LogP contribution in [0.1, 0.15) is 67.3 Å². The zero-order valence-corrected chi connectivity index (χ0v) is 17.1. The summed E-state index contributed by atoms with van der Waals surface area (Å²) >= 11 is 0. The third kappa shape index (κ3) is 5.97. The van der Waals surface area contributed by atoms with Crippen LogP contribution in [0.15, 0.2) is 48.5 Å². The molecule has 0 N–H and O–H groups in total. The van der Waals surface area contributed by atoms with Gasteiger partial charge in [0, 0.05) is 48.7 Å². The molecule has 0 saturated heterocycles. The van der Waals surface area contributed by atoms with Gasteiger partial charge in [-0.1, -0.05) is 48.5 Å². The minimum Gasteiger partial charge on any atom is -0.349 e. The topological polar surface area (TPSA) is 54.0 Å². The SMILES string of the molecule is CCOC(OCC)c1ccc(C(=O)c2ccc(C(OCC)OCC)cc2)cc1. The van der Waals surface area contributed by atoms with E-state index >= 15 is 0 Å². The molecule has 0 radical (unpaired) electrons. The normalized spacial score (nSPS) is 11.4. The molecule has 0 aliphatic heterocycles. The van der Waals surface area contributed by atoms with Crippen LogP contribution in [0.4, 0.5) is 0 Å². The second-order valence-electron chi connectivity index (χ2n) is 6.06. The maximum absolute atomic E-state index is 12.8. The molecule has 0 bridgehead atoms. The highest BCUT2D eigenvalue weighted by molar-refractivity contribution is 6.09. The van der Waals surface area contributed by atoms with E-state index in [0.29, 0.717) is 37.6 Å². The summed E-state index contributed by atoms with van der Waals surface area (Å²) in [5.74, 6) is -0.0353. The Balaban J connectivity index is 2.12. The number of benzene rings is 2. The lowest BCUT2D eigenvalue weighted by atomic mass is 10.0. The highest BCUT2D eigenvalue weighted by atomic mass is 16.7. The predicted molar refractivity (Wildman–Crippen MR) is 108 cm³/mol. The van der Waals surface area contributed by atoms with Crippen molar-refractivity contribution < 1.29 is 23.7 Å². The van der Waals surface area contributed by atoms with Crippen LogP contribution < -0.4 is 0 Å². The van der Waals surface area contributed by atoms with Gasteiger partial charge in [0.05, 0.1) is 0 Å². The van der Waals surface area contributed by atoms with Gasteiger partial charge in [0.2, 0.25) is 0 Å². The Hall–Kier alpha value is -2.05. The van der Waals surface area contributed by atoms with Crippen LogP contribution in [0.5, 0.6) is 0 Å². The number of hydrogen-bond donors (Lipinski definition) is 0. The molecular formula is C23H30O5. The van der Waals surface area contributed by atoms with Crippen LogP contribution in [0.2, 0.25) is 0 Å². The van der Waals surface area contributed by atoms with E-state index in [-0.39, 0.29) is 5.78 Å². The lowest BCUT2D eigenvalue weighted by molar-refractivity contribution is -0.140. The van der Waals surface area contributed by atoms with Gasteiger partial charge in [-0.25, -0.2) is 0 Å². The van der Waals surface area contributed by atoms with Crippen LogP contribution in [0, 0.1) is 0 Å². The van der Waals surface area contributed by atoms with E-state index in [9.17, 15) is 4.79 Å². The van der Waals surface area contributed by atoms with Gasteiger partial charge in [-0.3, -0.25) is 4.79 Å². The molecule has 152 valence electrons. The monoisotopic (exact) mass is 386 g/mol. The number of ketones is 1.